The van der Waals surface area contributed by atoms with Gasteiger partial charge in [-0.3, -0.25) is 4.79 Å². The van der Waals surface area contributed by atoms with E-state index in [1.165, 1.54) is 17.0 Å². The molecule has 0 bridgehead atoms. The average molecular weight is 353 g/mol. The highest BCUT2D eigenvalue weighted by Crippen LogP contribution is 2.33. The van der Waals surface area contributed by atoms with Crippen LogP contribution < -0.4 is 9.64 Å². The Bertz CT molecular complexity index is 798. The first kappa shape index (κ1) is 16.6. The molecule has 0 N–H and O–H groups in total. The molecule has 2 heterocycles. The number of aromatic nitrogens is 1. The van der Waals surface area contributed by atoms with Gasteiger partial charge in [-0.25, -0.2) is 13.8 Å². The summed E-state index contributed by atoms with van der Waals surface area (Å²) in [5, 5.41) is 0.151. The number of rotatable bonds is 3. The zero-order valence-corrected chi connectivity index (χ0v) is 13.7. The molecule has 0 spiro atoms. The third-order valence-corrected chi connectivity index (χ3v) is 4.07. The second-order valence-corrected chi connectivity index (χ2v) is 5.78. The van der Waals surface area contributed by atoms with E-state index in [2.05, 4.69) is 4.98 Å². The van der Waals surface area contributed by atoms with E-state index >= 15 is 0 Å². The highest BCUT2D eigenvalue weighted by molar-refractivity contribution is 6.34. The number of halogens is 3. The van der Waals surface area contributed by atoms with Crippen molar-refractivity contribution in [3.05, 3.63) is 52.2 Å². The maximum Gasteiger partial charge on any atom is 0.278 e. The highest BCUT2D eigenvalue weighted by Gasteiger charge is 2.29. The quantitative estimate of drug-likeness (QED) is 0.838. The molecule has 1 aliphatic heterocycles. The molecular formula is C17H15ClF2N2O2. The Labute approximate surface area is 143 Å². The summed E-state index contributed by atoms with van der Waals surface area (Å²) in [5.41, 5.74) is 0.538. The van der Waals surface area contributed by atoms with Crippen LogP contribution >= 0.6 is 11.6 Å². The van der Waals surface area contributed by atoms with Crippen molar-refractivity contribution >= 4 is 23.2 Å². The minimum absolute atomic E-state index is 0.0146. The highest BCUT2D eigenvalue weighted by atomic mass is 35.5. The average Bonchev–Trinajstić information content (AvgIpc) is 2.55. The zero-order chi connectivity index (χ0) is 17.3. The van der Waals surface area contributed by atoms with Crippen LogP contribution in [0.2, 0.25) is 5.02 Å². The van der Waals surface area contributed by atoms with Crippen molar-refractivity contribution in [3.63, 3.8) is 0 Å². The number of amides is 1. The van der Waals surface area contributed by atoms with Gasteiger partial charge in [0.2, 0.25) is 5.88 Å². The fraction of sp³-hybridized carbons (Fsp3) is 0.294. The van der Waals surface area contributed by atoms with Crippen LogP contribution in [0.4, 0.5) is 14.5 Å². The summed E-state index contributed by atoms with van der Waals surface area (Å²) in [6.45, 7) is 2.50. The summed E-state index contributed by atoms with van der Waals surface area (Å²) in [6.07, 6.45) is 1.11. The Morgan fingerprint density at radius 3 is 2.92 bits per heavy atom. The number of ether oxygens (including phenoxy) is 1. The van der Waals surface area contributed by atoms with Crippen LogP contribution in [-0.2, 0) is 6.42 Å². The summed E-state index contributed by atoms with van der Waals surface area (Å²) in [4.78, 5) is 18.2. The molecule has 1 aromatic heterocycles. The van der Waals surface area contributed by atoms with Crippen LogP contribution in [0.15, 0.2) is 24.3 Å². The van der Waals surface area contributed by atoms with Crippen LogP contribution in [0.3, 0.4) is 0 Å². The number of aryl methyl sites for hydroxylation is 1. The number of carbonyl (C=O) groups is 1. The molecule has 24 heavy (non-hydrogen) atoms. The Balaban J connectivity index is 2.02. The number of hydrogen-bond donors (Lipinski definition) is 0. The van der Waals surface area contributed by atoms with Crippen molar-refractivity contribution in [2.75, 3.05) is 18.1 Å². The molecule has 0 unspecified atom stereocenters. The molecule has 1 aliphatic rings. The molecule has 0 fully saturated rings. The smallest absolute Gasteiger partial charge is 0.278 e. The molecule has 0 atom stereocenters. The van der Waals surface area contributed by atoms with E-state index in [1.54, 1.807) is 13.0 Å². The molecule has 3 rings (SSSR count). The first-order valence-corrected chi connectivity index (χ1v) is 7.98. The Hall–Kier alpha value is -2.21. The topological polar surface area (TPSA) is 42.4 Å². The number of anilines is 1. The second-order valence-electron chi connectivity index (χ2n) is 5.37. The first-order valence-electron chi connectivity index (χ1n) is 7.60. The SMILES string of the molecule is CCOc1ccc(Cl)c(C(=O)N2CCCc3cc(F)cc(F)c32)n1. The molecule has 7 heteroatoms. The minimum Gasteiger partial charge on any atom is -0.478 e. The lowest BCUT2D eigenvalue weighted by atomic mass is 10.0. The van der Waals surface area contributed by atoms with E-state index in [0.29, 0.717) is 31.6 Å². The molecule has 126 valence electrons. The van der Waals surface area contributed by atoms with Gasteiger partial charge in [-0.2, -0.15) is 0 Å². The first-order chi connectivity index (χ1) is 11.5. The largest absolute Gasteiger partial charge is 0.478 e. The van der Waals surface area contributed by atoms with Gasteiger partial charge >= 0.3 is 0 Å². The number of carbonyl (C=O) groups excluding carboxylic acids is 1. The van der Waals surface area contributed by atoms with Gasteiger partial charge in [-0.1, -0.05) is 11.6 Å². The summed E-state index contributed by atoms with van der Waals surface area (Å²) < 4.78 is 32.9. The summed E-state index contributed by atoms with van der Waals surface area (Å²) in [7, 11) is 0. The van der Waals surface area contributed by atoms with Gasteiger partial charge < -0.3 is 9.64 Å². The van der Waals surface area contributed by atoms with E-state index in [1.807, 2.05) is 0 Å². The number of hydrogen-bond acceptors (Lipinski definition) is 3. The van der Waals surface area contributed by atoms with Crippen LogP contribution in [0.25, 0.3) is 0 Å². The lowest BCUT2D eigenvalue weighted by Gasteiger charge is -2.29. The number of fused-ring (bicyclic) bond motifs is 1. The van der Waals surface area contributed by atoms with Crippen LogP contribution in [0.5, 0.6) is 5.88 Å². The van der Waals surface area contributed by atoms with E-state index < -0.39 is 17.5 Å². The third-order valence-electron chi connectivity index (χ3n) is 3.77. The molecule has 1 aromatic carbocycles. The Morgan fingerprint density at radius 1 is 1.38 bits per heavy atom. The van der Waals surface area contributed by atoms with Gasteiger partial charge in [0.05, 0.1) is 17.3 Å². The monoisotopic (exact) mass is 352 g/mol. The molecule has 2 aromatic rings. The van der Waals surface area contributed by atoms with E-state index in [9.17, 15) is 13.6 Å². The number of pyridine rings is 1. The van der Waals surface area contributed by atoms with E-state index in [-0.39, 0.29) is 22.3 Å². The summed E-state index contributed by atoms with van der Waals surface area (Å²) in [5.74, 6) is -1.69. The second kappa shape index (κ2) is 6.73. The van der Waals surface area contributed by atoms with Crippen LogP contribution in [0, 0.1) is 11.6 Å². The molecule has 0 saturated carbocycles. The van der Waals surface area contributed by atoms with Crippen molar-refractivity contribution in [2.45, 2.75) is 19.8 Å². The van der Waals surface area contributed by atoms with Crippen molar-refractivity contribution < 1.29 is 18.3 Å². The zero-order valence-electron chi connectivity index (χ0n) is 13.0. The van der Waals surface area contributed by atoms with Gasteiger partial charge in [0.25, 0.3) is 5.91 Å². The Kier molecular flexibility index (Phi) is 4.66. The molecular weight excluding hydrogens is 338 g/mol. The summed E-state index contributed by atoms with van der Waals surface area (Å²) >= 11 is 6.08. The van der Waals surface area contributed by atoms with Gasteiger partial charge in [0, 0.05) is 18.7 Å². The fourth-order valence-electron chi connectivity index (χ4n) is 2.78. The summed E-state index contributed by atoms with van der Waals surface area (Å²) in [6, 6.07) is 5.10. The number of nitrogens with zero attached hydrogens (tertiary/aromatic N) is 2. The third kappa shape index (κ3) is 3.06. The molecule has 0 aliphatic carbocycles. The lowest BCUT2D eigenvalue weighted by Crippen LogP contribution is -2.37. The van der Waals surface area contributed by atoms with Crippen LogP contribution in [-0.4, -0.2) is 24.0 Å². The number of benzene rings is 1. The normalized spacial score (nSPS) is 13.6. The van der Waals surface area contributed by atoms with Crippen molar-refractivity contribution in [1.82, 2.24) is 4.98 Å². The van der Waals surface area contributed by atoms with Crippen molar-refractivity contribution in [3.8, 4) is 5.88 Å². The molecule has 0 radical (unpaired) electrons. The van der Waals surface area contributed by atoms with Crippen molar-refractivity contribution in [2.24, 2.45) is 0 Å². The predicted molar refractivity (Wildman–Crippen MR) is 86.8 cm³/mol. The van der Waals surface area contributed by atoms with Gasteiger partial charge in [0.1, 0.15) is 11.6 Å². The van der Waals surface area contributed by atoms with Crippen molar-refractivity contribution in [1.29, 1.82) is 0 Å². The van der Waals surface area contributed by atoms with Gasteiger partial charge in [0.15, 0.2) is 5.69 Å². The predicted octanol–water partition coefficient (Wildman–Crippen LogP) is 4.00. The van der Waals surface area contributed by atoms with E-state index in [0.717, 1.165) is 6.07 Å². The maximum atomic E-state index is 14.2. The standard InChI is InChI=1S/C17H15ClF2N2O2/c1-2-24-14-6-5-12(18)15(21-14)17(23)22-7-3-4-10-8-11(19)9-13(20)16(10)22/h5-6,8-9H,2-4,7H2,1H3. The fourth-order valence-corrected chi connectivity index (χ4v) is 2.97. The van der Waals surface area contributed by atoms with Gasteiger partial charge in [-0.15, -0.1) is 0 Å². The molecule has 0 saturated heterocycles. The molecule has 1 amide bonds. The minimum atomic E-state index is -0.768. The van der Waals surface area contributed by atoms with Gasteiger partial charge in [-0.05, 0) is 37.5 Å². The van der Waals surface area contributed by atoms with E-state index in [4.69, 9.17) is 16.3 Å². The Morgan fingerprint density at radius 2 is 2.17 bits per heavy atom. The van der Waals surface area contributed by atoms with Crippen LogP contribution in [0.1, 0.15) is 29.4 Å². The lowest BCUT2D eigenvalue weighted by molar-refractivity contribution is 0.0978. The molecule has 4 nitrogen and oxygen atoms in total. The maximum absolute atomic E-state index is 14.2.